The van der Waals surface area contributed by atoms with E-state index in [1.807, 2.05) is 11.3 Å². The quantitative estimate of drug-likeness (QED) is 0.315. The summed E-state index contributed by atoms with van der Waals surface area (Å²) in [4.78, 5) is 2.73. The molecule has 1 heterocycles. The van der Waals surface area contributed by atoms with Crippen LogP contribution >= 0.6 is 11.3 Å². The van der Waals surface area contributed by atoms with E-state index in [0.29, 0.717) is 0 Å². The predicted molar refractivity (Wildman–Crippen MR) is 105 cm³/mol. The molecule has 0 nitrogen and oxygen atoms in total. The standard InChI is InChI=1S/C22H17S2.HI/c1-4-10-18(11-5-1)19-16-22(23-17-19)24(20-12-6-2-7-13-20)21-14-8-3-9-15-21;/h1-17H;1H/q+1;/p-1. The van der Waals surface area contributed by atoms with Gasteiger partial charge in [0.2, 0.25) is 4.21 Å². The van der Waals surface area contributed by atoms with Gasteiger partial charge in [-0.1, -0.05) is 78.1 Å². The minimum atomic E-state index is -0.0491. The third-order valence-electron chi connectivity index (χ3n) is 3.84. The summed E-state index contributed by atoms with van der Waals surface area (Å²) in [5, 5.41) is 2.27. The lowest BCUT2D eigenvalue weighted by atomic mass is 10.1. The molecular weight excluding hydrogens is 455 g/mol. The van der Waals surface area contributed by atoms with Gasteiger partial charge >= 0.3 is 0 Å². The van der Waals surface area contributed by atoms with Crippen molar-refractivity contribution in [3.05, 3.63) is 102 Å². The molecule has 0 aliphatic carbocycles. The van der Waals surface area contributed by atoms with Crippen LogP contribution in [0.5, 0.6) is 0 Å². The van der Waals surface area contributed by atoms with E-state index in [9.17, 15) is 0 Å². The second-order valence-corrected chi connectivity index (χ2v) is 8.62. The molecule has 4 rings (SSSR count). The number of halogens is 1. The van der Waals surface area contributed by atoms with Crippen molar-refractivity contribution in [3.8, 4) is 11.1 Å². The molecule has 0 spiro atoms. The van der Waals surface area contributed by atoms with E-state index in [2.05, 4.69) is 102 Å². The Balaban J connectivity index is 0.00000182. The molecule has 124 valence electrons. The minimum absolute atomic E-state index is 0. The topological polar surface area (TPSA) is 0 Å². The van der Waals surface area contributed by atoms with Crippen LogP contribution in [0.3, 0.4) is 0 Å². The maximum absolute atomic E-state index is 2.35. The SMILES string of the molecule is [I-].c1ccc(-c2csc([S+](c3ccccc3)c3ccccc3)c2)cc1. The van der Waals surface area contributed by atoms with E-state index in [-0.39, 0.29) is 34.9 Å². The summed E-state index contributed by atoms with van der Waals surface area (Å²) in [5.41, 5.74) is 2.59. The molecule has 25 heavy (non-hydrogen) atoms. The van der Waals surface area contributed by atoms with Crippen LogP contribution in [0.25, 0.3) is 11.1 Å². The fourth-order valence-electron chi connectivity index (χ4n) is 2.69. The van der Waals surface area contributed by atoms with Crippen molar-refractivity contribution < 1.29 is 24.0 Å². The highest BCUT2D eigenvalue weighted by Crippen LogP contribution is 2.37. The highest BCUT2D eigenvalue weighted by Gasteiger charge is 2.30. The van der Waals surface area contributed by atoms with E-state index in [0.717, 1.165) is 0 Å². The summed E-state index contributed by atoms with van der Waals surface area (Å²) in [6, 6.07) is 34.6. The first-order valence-corrected chi connectivity index (χ1v) is 10.0. The van der Waals surface area contributed by atoms with E-state index in [1.165, 1.54) is 25.1 Å². The zero-order chi connectivity index (χ0) is 16.2. The molecule has 0 N–H and O–H groups in total. The fraction of sp³-hybridized carbons (Fsp3) is 0. The highest BCUT2D eigenvalue weighted by atomic mass is 127. The van der Waals surface area contributed by atoms with Gasteiger partial charge in [-0.15, -0.1) is 0 Å². The van der Waals surface area contributed by atoms with E-state index in [4.69, 9.17) is 0 Å². The van der Waals surface area contributed by atoms with Gasteiger partial charge < -0.3 is 24.0 Å². The summed E-state index contributed by atoms with van der Waals surface area (Å²) in [7, 11) is -0.0491. The molecule has 0 amide bonds. The Hall–Kier alpha value is -1.56. The molecule has 3 heteroatoms. The Bertz CT molecular complexity index is 863. The smallest absolute Gasteiger partial charge is 0.220 e. The van der Waals surface area contributed by atoms with Crippen molar-refractivity contribution in [2.45, 2.75) is 14.0 Å². The monoisotopic (exact) mass is 472 g/mol. The Morgan fingerprint density at radius 3 is 1.56 bits per heavy atom. The Kier molecular flexibility index (Phi) is 6.34. The number of hydrogen-bond donors (Lipinski definition) is 0. The molecule has 0 saturated carbocycles. The second-order valence-electron chi connectivity index (χ2n) is 5.45. The first-order chi connectivity index (χ1) is 11.9. The third kappa shape index (κ3) is 4.17. The number of benzene rings is 3. The van der Waals surface area contributed by atoms with Crippen LogP contribution in [0.2, 0.25) is 0 Å². The lowest BCUT2D eigenvalue weighted by molar-refractivity contribution is -0.00000458. The molecule has 0 unspecified atom stereocenters. The van der Waals surface area contributed by atoms with Crippen molar-refractivity contribution >= 4 is 22.2 Å². The minimum Gasteiger partial charge on any atom is -1.00 e. The fourth-order valence-corrected chi connectivity index (χ4v) is 6.28. The van der Waals surface area contributed by atoms with E-state index in [1.54, 1.807) is 0 Å². The van der Waals surface area contributed by atoms with Crippen molar-refractivity contribution in [2.75, 3.05) is 0 Å². The maximum Gasteiger partial charge on any atom is 0.220 e. The molecule has 0 radical (unpaired) electrons. The van der Waals surface area contributed by atoms with Crippen molar-refractivity contribution in [3.63, 3.8) is 0 Å². The average Bonchev–Trinajstić information content (AvgIpc) is 3.14. The predicted octanol–water partition coefficient (Wildman–Crippen LogP) is 3.51. The zero-order valence-corrected chi connectivity index (χ0v) is 17.3. The number of thiophene rings is 1. The third-order valence-corrected chi connectivity index (χ3v) is 7.36. The van der Waals surface area contributed by atoms with Gasteiger partial charge in [-0.05, 0) is 35.4 Å². The first-order valence-electron chi connectivity index (χ1n) is 7.90. The molecule has 1 aromatic heterocycles. The summed E-state index contributed by atoms with van der Waals surface area (Å²) < 4.78 is 1.41. The molecule has 0 atom stereocenters. The van der Waals surface area contributed by atoms with Gasteiger partial charge in [0.05, 0.1) is 0 Å². The van der Waals surface area contributed by atoms with Gasteiger partial charge in [0, 0.05) is 11.4 Å². The van der Waals surface area contributed by atoms with Gasteiger partial charge in [0.1, 0.15) is 10.9 Å². The van der Waals surface area contributed by atoms with Gasteiger partial charge in [-0.2, -0.15) is 0 Å². The van der Waals surface area contributed by atoms with Crippen molar-refractivity contribution in [1.29, 1.82) is 0 Å². The van der Waals surface area contributed by atoms with Crippen LogP contribution in [0.1, 0.15) is 0 Å². The molecule has 0 aliphatic rings. The molecular formula is C22H17IS2. The highest BCUT2D eigenvalue weighted by molar-refractivity contribution is 7.98. The maximum atomic E-state index is 2.35. The van der Waals surface area contributed by atoms with Crippen molar-refractivity contribution in [1.82, 2.24) is 0 Å². The molecule has 0 fully saturated rings. The molecule has 0 saturated heterocycles. The molecule has 3 aromatic carbocycles. The zero-order valence-electron chi connectivity index (χ0n) is 13.5. The molecule has 4 aromatic rings. The van der Waals surface area contributed by atoms with Crippen LogP contribution in [-0.4, -0.2) is 0 Å². The van der Waals surface area contributed by atoms with Crippen LogP contribution < -0.4 is 24.0 Å². The summed E-state index contributed by atoms with van der Waals surface area (Å²) in [6.07, 6.45) is 0. The van der Waals surface area contributed by atoms with Crippen LogP contribution in [0.15, 0.2) is 116 Å². The average molecular weight is 472 g/mol. The Morgan fingerprint density at radius 2 is 1.04 bits per heavy atom. The summed E-state index contributed by atoms with van der Waals surface area (Å²) in [6.45, 7) is 0. The van der Waals surface area contributed by atoms with Gasteiger partial charge in [-0.25, -0.2) is 0 Å². The summed E-state index contributed by atoms with van der Waals surface area (Å²) >= 11 is 1.85. The van der Waals surface area contributed by atoms with Crippen LogP contribution in [0.4, 0.5) is 0 Å². The van der Waals surface area contributed by atoms with Gasteiger partial charge in [0.15, 0.2) is 9.79 Å². The largest absolute Gasteiger partial charge is 1.00 e. The number of hydrogen-bond acceptors (Lipinski definition) is 1. The lowest BCUT2D eigenvalue weighted by Gasteiger charge is -2.05. The summed E-state index contributed by atoms with van der Waals surface area (Å²) in [5.74, 6) is 0. The normalized spacial score (nSPS) is 10.4. The van der Waals surface area contributed by atoms with Crippen LogP contribution in [-0.2, 0) is 10.9 Å². The second kappa shape index (κ2) is 8.70. The Morgan fingerprint density at radius 1 is 0.560 bits per heavy atom. The Labute approximate surface area is 172 Å². The first kappa shape index (κ1) is 18.2. The lowest BCUT2D eigenvalue weighted by Crippen LogP contribution is -3.00. The van der Waals surface area contributed by atoms with Crippen LogP contribution in [0, 0.1) is 0 Å². The van der Waals surface area contributed by atoms with Gasteiger partial charge in [-0.3, -0.25) is 0 Å². The van der Waals surface area contributed by atoms with Gasteiger partial charge in [0.25, 0.3) is 0 Å². The van der Waals surface area contributed by atoms with E-state index >= 15 is 0 Å². The van der Waals surface area contributed by atoms with Crippen molar-refractivity contribution in [2.24, 2.45) is 0 Å². The number of rotatable bonds is 4. The van der Waals surface area contributed by atoms with E-state index < -0.39 is 0 Å². The molecule has 0 aliphatic heterocycles. The molecule has 0 bridgehead atoms.